The van der Waals surface area contributed by atoms with Crippen LogP contribution in [0.5, 0.6) is 0 Å². The Kier molecular flexibility index (Phi) is 9.61. The third kappa shape index (κ3) is 6.54. The minimum Gasteiger partial charge on any atom is -0.499 e. The van der Waals surface area contributed by atoms with Gasteiger partial charge in [0.15, 0.2) is 0 Å². The van der Waals surface area contributed by atoms with Gasteiger partial charge in [-0.25, -0.2) is 0 Å². The van der Waals surface area contributed by atoms with Gasteiger partial charge in [-0.15, -0.1) is 0 Å². The van der Waals surface area contributed by atoms with Crippen LogP contribution in [0.3, 0.4) is 0 Å². The van der Waals surface area contributed by atoms with E-state index >= 15 is 0 Å². The summed E-state index contributed by atoms with van der Waals surface area (Å²) in [6, 6.07) is 21.3. The lowest BCUT2D eigenvalue weighted by Gasteiger charge is -2.43. The second-order valence-corrected chi connectivity index (χ2v) is 12.1. The van der Waals surface area contributed by atoms with Gasteiger partial charge in [-0.1, -0.05) is 88.0 Å². The van der Waals surface area contributed by atoms with Gasteiger partial charge in [0.05, 0.1) is 39.3 Å². The molecule has 2 rings (SSSR count). The number of rotatable bonds is 13. The molecule has 0 N–H and O–H groups in total. The predicted octanol–water partition coefficient (Wildman–Crippen LogP) is 3.76. The molecule has 0 aromatic heterocycles. The first-order chi connectivity index (χ1) is 14.0. The molecule has 0 fully saturated rings. The van der Waals surface area contributed by atoms with Crippen molar-refractivity contribution in [2.45, 2.75) is 25.8 Å². The Morgan fingerprint density at radius 2 is 1.17 bits per heavy atom. The van der Waals surface area contributed by atoms with Crippen LogP contribution >= 0.6 is 0 Å². The zero-order chi connectivity index (χ0) is 21.0. The smallest absolute Gasteiger partial charge is 0.261 e. The van der Waals surface area contributed by atoms with Crippen molar-refractivity contribution in [2.24, 2.45) is 0 Å². The molecule has 0 radical (unpaired) electrons. The molecule has 0 unspecified atom stereocenters. The molecule has 29 heavy (non-hydrogen) atoms. The molecule has 5 heteroatoms. The molecule has 0 aliphatic heterocycles. The van der Waals surface area contributed by atoms with Crippen LogP contribution in [-0.4, -0.2) is 48.0 Å². The molecule has 0 atom stereocenters. The Hall–Kier alpha value is -1.92. The van der Waals surface area contributed by atoms with Crippen molar-refractivity contribution in [3.63, 3.8) is 0 Å². The van der Waals surface area contributed by atoms with Gasteiger partial charge in [-0.05, 0) is 15.4 Å². The van der Waals surface area contributed by atoms with Gasteiger partial charge in [-0.3, -0.25) is 0 Å². The molecule has 0 aliphatic rings. The summed E-state index contributed by atoms with van der Waals surface area (Å²) < 4.78 is 23.0. The second kappa shape index (κ2) is 11.9. The Bertz CT molecular complexity index is 658. The standard InChI is InChI=1S/C24H34O4Si/c1-5-25-16-17-26-18-19-27-20-21-28-29(24(2,3)4,22-12-8-6-9-13-22)23-14-10-7-11-15-23/h5-15H,1,16-21H2,2-4H3. The van der Waals surface area contributed by atoms with E-state index in [4.69, 9.17) is 18.6 Å². The molecular weight excluding hydrogens is 380 g/mol. The summed E-state index contributed by atoms with van der Waals surface area (Å²) in [6.07, 6.45) is 1.42. The summed E-state index contributed by atoms with van der Waals surface area (Å²) in [7, 11) is -2.48. The number of hydrogen-bond donors (Lipinski definition) is 0. The average molecular weight is 415 g/mol. The fourth-order valence-electron chi connectivity index (χ4n) is 3.53. The molecule has 0 amide bonds. The maximum Gasteiger partial charge on any atom is 0.261 e. The van der Waals surface area contributed by atoms with E-state index in [2.05, 4.69) is 88.0 Å². The van der Waals surface area contributed by atoms with Crippen molar-refractivity contribution in [3.8, 4) is 0 Å². The van der Waals surface area contributed by atoms with Gasteiger partial charge in [0.2, 0.25) is 0 Å². The number of benzene rings is 2. The van der Waals surface area contributed by atoms with Crippen LogP contribution in [0.4, 0.5) is 0 Å². The molecule has 2 aromatic carbocycles. The number of hydrogen-bond acceptors (Lipinski definition) is 4. The highest BCUT2D eigenvalue weighted by Crippen LogP contribution is 2.36. The Balaban J connectivity index is 2.01. The van der Waals surface area contributed by atoms with Crippen LogP contribution in [-0.2, 0) is 18.6 Å². The van der Waals surface area contributed by atoms with Gasteiger partial charge in [0.1, 0.15) is 6.61 Å². The first-order valence-electron chi connectivity index (χ1n) is 10.2. The van der Waals surface area contributed by atoms with E-state index in [0.29, 0.717) is 39.6 Å². The lowest BCUT2D eigenvalue weighted by Crippen LogP contribution is -2.66. The van der Waals surface area contributed by atoms with Crippen molar-refractivity contribution in [1.29, 1.82) is 0 Å². The van der Waals surface area contributed by atoms with Crippen LogP contribution in [0.1, 0.15) is 20.8 Å². The van der Waals surface area contributed by atoms with E-state index in [1.807, 2.05) is 0 Å². The first kappa shape index (κ1) is 23.4. The van der Waals surface area contributed by atoms with Crippen LogP contribution in [0.25, 0.3) is 0 Å². The highest BCUT2D eigenvalue weighted by atomic mass is 28.4. The average Bonchev–Trinajstić information content (AvgIpc) is 2.72. The van der Waals surface area contributed by atoms with E-state index < -0.39 is 8.32 Å². The minimum absolute atomic E-state index is 0.0238. The van der Waals surface area contributed by atoms with Crippen molar-refractivity contribution in [3.05, 3.63) is 73.5 Å². The van der Waals surface area contributed by atoms with Crippen LogP contribution in [0.2, 0.25) is 5.04 Å². The normalized spacial score (nSPS) is 12.0. The van der Waals surface area contributed by atoms with E-state index in [-0.39, 0.29) is 5.04 Å². The van der Waals surface area contributed by atoms with Gasteiger partial charge in [-0.2, -0.15) is 0 Å². The Morgan fingerprint density at radius 3 is 1.62 bits per heavy atom. The molecule has 0 spiro atoms. The summed E-state index contributed by atoms with van der Waals surface area (Å²) in [5.74, 6) is 0. The zero-order valence-corrected chi connectivity index (χ0v) is 18.9. The Morgan fingerprint density at radius 1 is 0.724 bits per heavy atom. The minimum atomic E-state index is -2.48. The van der Waals surface area contributed by atoms with Crippen LogP contribution < -0.4 is 10.4 Å². The SMILES string of the molecule is C=COCCOCCOCCO[Si](c1ccccc1)(c1ccccc1)C(C)(C)C. The van der Waals surface area contributed by atoms with Gasteiger partial charge >= 0.3 is 0 Å². The van der Waals surface area contributed by atoms with E-state index in [0.717, 1.165) is 0 Å². The molecular formula is C24H34O4Si. The highest BCUT2D eigenvalue weighted by Gasteiger charge is 2.49. The summed E-state index contributed by atoms with van der Waals surface area (Å²) in [5.41, 5.74) is 0. The van der Waals surface area contributed by atoms with Crippen LogP contribution in [0.15, 0.2) is 73.5 Å². The quantitative estimate of drug-likeness (QED) is 0.284. The lowest BCUT2D eigenvalue weighted by molar-refractivity contribution is 0.0219. The molecule has 0 bridgehead atoms. The van der Waals surface area contributed by atoms with E-state index in [9.17, 15) is 0 Å². The maximum atomic E-state index is 6.77. The molecule has 158 valence electrons. The lowest BCUT2D eigenvalue weighted by atomic mass is 10.2. The summed E-state index contributed by atoms with van der Waals surface area (Å²) in [5, 5.41) is 2.54. The van der Waals surface area contributed by atoms with Gasteiger partial charge < -0.3 is 18.6 Å². The Labute approximate surface area is 176 Å². The highest BCUT2D eigenvalue weighted by molar-refractivity contribution is 6.99. The molecule has 0 saturated carbocycles. The largest absolute Gasteiger partial charge is 0.499 e. The molecule has 0 saturated heterocycles. The second-order valence-electron chi connectivity index (χ2n) is 7.77. The van der Waals surface area contributed by atoms with Crippen LogP contribution in [0, 0.1) is 0 Å². The van der Waals surface area contributed by atoms with Gasteiger partial charge in [0, 0.05) is 0 Å². The third-order valence-electron chi connectivity index (χ3n) is 4.80. The molecule has 0 aliphatic carbocycles. The first-order valence-corrected chi connectivity index (χ1v) is 12.1. The fourth-order valence-corrected chi connectivity index (χ4v) is 8.07. The van der Waals surface area contributed by atoms with Crippen molar-refractivity contribution in [2.75, 3.05) is 39.6 Å². The third-order valence-corrected chi connectivity index (χ3v) is 9.84. The number of ether oxygens (including phenoxy) is 3. The summed E-state index contributed by atoms with van der Waals surface area (Å²) >= 11 is 0. The van der Waals surface area contributed by atoms with Gasteiger partial charge in [0.25, 0.3) is 8.32 Å². The predicted molar refractivity (Wildman–Crippen MR) is 121 cm³/mol. The zero-order valence-electron chi connectivity index (χ0n) is 17.9. The summed E-state index contributed by atoms with van der Waals surface area (Å²) in [6.45, 7) is 13.5. The summed E-state index contributed by atoms with van der Waals surface area (Å²) in [4.78, 5) is 0. The topological polar surface area (TPSA) is 36.9 Å². The monoisotopic (exact) mass is 414 g/mol. The van der Waals surface area contributed by atoms with Crippen molar-refractivity contribution >= 4 is 18.7 Å². The molecule has 4 nitrogen and oxygen atoms in total. The van der Waals surface area contributed by atoms with Crippen molar-refractivity contribution < 1.29 is 18.6 Å². The van der Waals surface area contributed by atoms with Crippen molar-refractivity contribution in [1.82, 2.24) is 0 Å². The van der Waals surface area contributed by atoms with E-state index in [1.165, 1.54) is 16.6 Å². The molecule has 2 aromatic rings. The fraction of sp³-hybridized carbons (Fsp3) is 0.417. The molecule has 0 heterocycles. The van der Waals surface area contributed by atoms with E-state index in [1.54, 1.807) is 0 Å². The maximum absolute atomic E-state index is 6.77.